The van der Waals surface area contributed by atoms with Crippen LogP contribution >= 0.6 is 75.8 Å². The minimum Gasteiger partial charge on any atom is -0.481 e. The molecule has 0 bridgehead atoms. The fraction of sp³-hybridized carbons (Fsp3) is 0.824. The fourth-order valence-electron chi connectivity index (χ4n) is 6.45. The number of carbonyl (C=O) groups is 6. The van der Waals surface area contributed by atoms with E-state index in [0.29, 0.717) is 0 Å². The van der Waals surface area contributed by atoms with Crippen molar-refractivity contribution < 1.29 is 99.5 Å². The molecule has 0 saturated carbocycles. The predicted molar refractivity (Wildman–Crippen MR) is 233 cm³/mol. The lowest BCUT2D eigenvalue weighted by Gasteiger charge is -2.60. The Morgan fingerprint density at radius 3 is 0.717 bits per heavy atom. The van der Waals surface area contributed by atoms with Crippen molar-refractivity contribution >= 4 is 112 Å². The maximum absolute atomic E-state index is 11.8. The molecule has 12 N–H and O–H groups in total. The van der Waals surface area contributed by atoms with Crippen LogP contribution in [0, 0.1) is 10.8 Å². The first-order chi connectivity index (χ1) is 27.7. The normalized spacial score (nSPS) is 17.0. The Kier molecular flexibility index (Phi) is 30.2. The molecule has 6 unspecified atom stereocenters. The van der Waals surface area contributed by atoms with E-state index in [1.807, 2.05) is 0 Å². The summed E-state index contributed by atoms with van der Waals surface area (Å²) in [7, 11) is 0. The van der Waals surface area contributed by atoms with Gasteiger partial charge in [0.2, 0.25) is 0 Å². The molecule has 0 aromatic carbocycles. The first kappa shape index (κ1) is 60.7. The Bertz CT molecular complexity index is 1190. The topological polar surface area (TPSA) is 364 Å². The van der Waals surface area contributed by atoms with Crippen molar-refractivity contribution in [2.45, 2.75) is 107 Å². The number of ether oxygens (including phenoxy) is 2. The van der Waals surface area contributed by atoms with Crippen LogP contribution in [0.2, 0.25) is 0 Å². The molecule has 0 aliphatic carbocycles. The maximum Gasteiger partial charge on any atom is 0.304 e. The third-order valence-electron chi connectivity index (χ3n) is 9.45. The van der Waals surface area contributed by atoms with Crippen LogP contribution in [0.5, 0.6) is 0 Å². The van der Waals surface area contributed by atoms with Crippen molar-refractivity contribution in [3.8, 4) is 0 Å². The van der Waals surface area contributed by atoms with Crippen LogP contribution in [0.25, 0.3) is 0 Å². The second kappa shape index (κ2) is 29.9. The van der Waals surface area contributed by atoms with Gasteiger partial charge in [0.15, 0.2) is 0 Å². The molecule has 0 saturated heterocycles. The molecule has 60 heavy (non-hydrogen) atoms. The van der Waals surface area contributed by atoms with E-state index in [1.54, 1.807) is 0 Å². The van der Waals surface area contributed by atoms with Crippen LogP contribution in [-0.2, 0) is 38.2 Å². The molecule has 0 heterocycles. The van der Waals surface area contributed by atoms with Gasteiger partial charge in [0.05, 0.1) is 113 Å². The second-order valence-corrected chi connectivity index (χ2v) is 18.8. The van der Waals surface area contributed by atoms with E-state index in [4.69, 9.17) is 29.9 Å². The summed E-state index contributed by atoms with van der Waals surface area (Å²) in [4.78, 5) is 70.4. The quantitative estimate of drug-likeness (QED) is 0.0365. The van der Waals surface area contributed by atoms with Crippen LogP contribution in [0.4, 0.5) is 0 Å². The number of aliphatic carboxylic acids is 6. The maximum atomic E-state index is 11.8. The molecule has 0 amide bonds. The van der Waals surface area contributed by atoms with E-state index in [1.165, 1.54) is 0 Å². The number of carboxylic acids is 6. The van der Waals surface area contributed by atoms with Crippen molar-refractivity contribution in [1.29, 1.82) is 0 Å². The van der Waals surface area contributed by atoms with E-state index in [-0.39, 0.29) is 0 Å². The first-order valence-corrected chi connectivity index (χ1v) is 21.2. The van der Waals surface area contributed by atoms with E-state index in [9.17, 15) is 69.6 Å². The Hall–Kier alpha value is -1.40. The Morgan fingerprint density at radius 1 is 0.367 bits per heavy atom. The van der Waals surface area contributed by atoms with Gasteiger partial charge >= 0.3 is 35.8 Å². The molecule has 352 valence electrons. The zero-order valence-electron chi connectivity index (χ0n) is 32.5. The number of aliphatic hydroxyl groups excluding tert-OH is 6. The summed E-state index contributed by atoms with van der Waals surface area (Å²) in [6.45, 7) is -5.07. The van der Waals surface area contributed by atoms with Gasteiger partial charge in [-0.2, -0.15) is 75.8 Å². The molecule has 0 fully saturated rings. The number of thiol groups is 6. The van der Waals surface area contributed by atoms with Gasteiger partial charge in [0, 0.05) is 31.5 Å². The van der Waals surface area contributed by atoms with Crippen molar-refractivity contribution in [1.82, 2.24) is 0 Å². The molecule has 6 atom stereocenters. The van der Waals surface area contributed by atoms with Gasteiger partial charge in [-0.25, -0.2) is 0 Å². The summed E-state index contributed by atoms with van der Waals surface area (Å²) in [5.74, 6) is -7.92. The highest BCUT2D eigenvalue weighted by atomic mass is 32.1. The summed E-state index contributed by atoms with van der Waals surface area (Å²) in [6, 6.07) is 0. The average Bonchev–Trinajstić information content (AvgIpc) is 3.10. The minimum atomic E-state index is -2.33. The highest BCUT2D eigenvalue weighted by Crippen LogP contribution is 2.56. The molecule has 0 aliphatic rings. The second-order valence-electron chi connectivity index (χ2n) is 14.5. The monoisotopic (exact) mass is 980 g/mol. The minimum absolute atomic E-state index is 0.406. The van der Waals surface area contributed by atoms with E-state index >= 15 is 0 Å². The largest absolute Gasteiger partial charge is 0.481 e. The third kappa shape index (κ3) is 21.3. The van der Waals surface area contributed by atoms with Gasteiger partial charge in [-0.05, 0) is 25.7 Å². The van der Waals surface area contributed by atoms with Gasteiger partial charge in [-0.3, -0.25) is 28.8 Å². The van der Waals surface area contributed by atoms with Crippen molar-refractivity contribution in [3.05, 3.63) is 0 Å². The van der Waals surface area contributed by atoms with Crippen LogP contribution in [0.1, 0.15) is 64.2 Å². The SMILES string of the molecule is O=C(O)CC(S)COC(CC(S)CC(=O)O)(CC(S)CC(=O)O)C(CO)(CO)C(CC(S)CC(=O)O)(CC(S)CC(=O)O)OCC(S)CC(=O)O.OCC(CO)(CO)CO. The van der Waals surface area contributed by atoms with Crippen LogP contribution < -0.4 is 0 Å². The molecule has 0 aliphatic heterocycles. The standard InChI is InChI=1S/C29H48O16S6.C5H12O4/c30-13-27(14-31,28(7-15(46)1-21(32)33,8-16(47)2-22(34)35)44-11-19(50)5-25(40)41)29(9-17(48)3-23(36)37,10-18(49)4-24(38)39)45-12-20(51)6-26(42)43;6-1-5(2-7,3-8)4-9/h15-20,30-31,46-51H,1-14H2,(H,32,33)(H,34,35)(H,36,37)(H,38,39)(H,40,41)(H,42,43);6-9H,1-4H2. The van der Waals surface area contributed by atoms with Crippen LogP contribution in [-0.4, -0.2) is 193 Å². The number of aliphatic hydroxyl groups is 6. The summed E-state index contributed by atoms with van der Waals surface area (Å²) >= 11 is 26.3. The lowest BCUT2D eigenvalue weighted by atomic mass is 9.55. The zero-order valence-corrected chi connectivity index (χ0v) is 37.9. The fourth-order valence-corrected chi connectivity index (χ4v) is 8.72. The molecule has 0 aromatic rings. The van der Waals surface area contributed by atoms with E-state index in [0.717, 1.165) is 0 Å². The molecule has 0 rings (SSSR count). The first-order valence-electron chi connectivity index (χ1n) is 18.1. The lowest BCUT2D eigenvalue weighted by molar-refractivity contribution is -0.271. The Balaban J connectivity index is 0. The summed E-state index contributed by atoms with van der Waals surface area (Å²) < 4.78 is 12.9. The molecular weight excluding hydrogens is 921 g/mol. The van der Waals surface area contributed by atoms with Gasteiger partial charge in [0.25, 0.3) is 0 Å². The number of carboxylic acid groups (broad SMARTS) is 6. The molecule has 0 aromatic heterocycles. The number of rotatable bonds is 34. The van der Waals surface area contributed by atoms with Crippen molar-refractivity contribution in [2.24, 2.45) is 10.8 Å². The average molecular weight is 981 g/mol. The highest BCUT2D eigenvalue weighted by molar-refractivity contribution is 7.81. The molecular formula is C34H60O20S6. The van der Waals surface area contributed by atoms with Gasteiger partial charge in [-0.15, -0.1) is 0 Å². The number of hydrogen-bond donors (Lipinski definition) is 18. The van der Waals surface area contributed by atoms with Crippen molar-refractivity contribution in [2.75, 3.05) is 52.9 Å². The zero-order chi connectivity index (χ0) is 47.1. The molecule has 26 heteroatoms. The van der Waals surface area contributed by atoms with Crippen LogP contribution in [0.15, 0.2) is 0 Å². The molecule has 0 radical (unpaired) electrons. The summed E-state index contributed by atoms with van der Waals surface area (Å²) in [6.07, 6.45) is -5.83. The Morgan fingerprint density at radius 2 is 0.567 bits per heavy atom. The van der Waals surface area contributed by atoms with Gasteiger partial charge < -0.3 is 70.8 Å². The predicted octanol–water partition coefficient (Wildman–Crippen LogP) is -0.391. The van der Waals surface area contributed by atoms with Crippen LogP contribution in [0.3, 0.4) is 0 Å². The number of hydrogen-bond acceptors (Lipinski definition) is 20. The van der Waals surface area contributed by atoms with E-state index < -0.39 is 206 Å². The Labute approximate surface area is 379 Å². The third-order valence-corrected chi connectivity index (χ3v) is 11.6. The van der Waals surface area contributed by atoms with Gasteiger partial charge in [0.1, 0.15) is 0 Å². The smallest absolute Gasteiger partial charge is 0.304 e. The summed E-state index contributed by atoms with van der Waals surface area (Å²) in [5, 5.41) is 107. The summed E-state index contributed by atoms with van der Waals surface area (Å²) in [5.41, 5.74) is -7.82. The lowest BCUT2D eigenvalue weighted by Crippen LogP contribution is -2.70. The molecule has 0 spiro atoms. The van der Waals surface area contributed by atoms with E-state index in [2.05, 4.69) is 75.8 Å². The van der Waals surface area contributed by atoms with Gasteiger partial charge in [-0.1, -0.05) is 0 Å². The highest BCUT2D eigenvalue weighted by Gasteiger charge is 2.65. The molecule has 20 nitrogen and oxygen atoms in total. The van der Waals surface area contributed by atoms with Crippen molar-refractivity contribution in [3.63, 3.8) is 0 Å².